The Kier molecular flexibility index (Phi) is 5.28. The van der Waals surface area contributed by atoms with Crippen LogP contribution in [0.3, 0.4) is 0 Å². The summed E-state index contributed by atoms with van der Waals surface area (Å²) in [6.07, 6.45) is 4.33. The first-order valence-electron chi connectivity index (χ1n) is 6.79. The van der Waals surface area contributed by atoms with Crippen molar-refractivity contribution >= 4 is 17.7 Å². The zero-order valence-electron chi connectivity index (χ0n) is 11.7. The number of carbonyl (C=O) groups excluding carboxylic acids is 1. The van der Waals surface area contributed by atoms with Gasteiger partial charge in [0.25, 0.3) is 5.91 Å². The highest BCUT2D eigenvalue weighted by atomic mass is 32.2. The van der Waals surface area contributed by atoms with Gasteiger partial charge < -0.3 is 10.2 Å². The first-order chi connectivity index (χ1) is 9.24. The molecule has 0 aliphatic carbocycles. The van der Waals surface area contributed by atoms with E-state index in [1.54, 1.807) is 11.8 Å². The standard InChI is InChI=1S/C15H22N2OS/c1-16-14-4-3-9-17(10-14)15(18)13-7-5-12(6-8-13)11-19-2/h5-8,14,16H,3-4,9-11H2,1-2H3/t14-/m0/s1. The molecule has 1 atom stereocenters. The third-order valence-electron chi connectivity index (χ3n) is 3.63. The van der Waals surface area contributed by atoms with Gasteiger partial charge >= 0.3 is 0 Å². The van der Waals surface area contributed by atoms with E-state index in [0.717, 1.165) is 37.2 Å². The molecule has 0 unspecified atom stereocenters. The molecule has 2 rings (SSSR count). The molecule has 0 radical (unpaired) electrons. The van der Waals surface area contributed by atoms with Crippen molar-refractivity contribution in [2.45, 2.75) is 24.6 Å². The van der Waals surface area contributed by atoms with Gasteiger partial charge in [0, 0.05) is 30.4 Å². The summed E-state index contributed by atoms with van der Waals surface area (Å²) in [7, 11) is 1.97. The number of hydrogen-bond donors (Lipinski definition) is 1. The number of hydrogen-bond acceptors (Lipinski definition) is 3. The van der Waals surface area contributed by atoms with Crippen LogP contribution in [0.5, 0.6) is 0 Å². The molecule has 4 heteroatoms. The van der Waals surface area contributed by atoms with E-state index >= 15 is 0 Å². The fourth-order valence-electron chi connectivity index (χ4n) is 2.49. The Hall–Kier alpha value is -1.00. The Balaban J connectivity index is 2.02. The van der Waals surface area contributed by atoms with Gasteiger partial charge in [-0.05, 0) is 43.8 Å². The van der Waals surface area contributed by atoms with Crippen molar-refractivity contribution in [1.29, 1.82) is 0 Å². The Labute approximate surface area is 119 Å². The summed E-state index contributed by atoms with van der Waals surface area (Å²) in [6, 6.07) is 8.47. The number of carbonyl (C=O) groups is 1. The second-order valence-corrected chi connectivity index (χ2v) is 5.87. The van der Waals surface area contributed by atoms with E-state index in [9.17, 15) is 4.79 Å². The maximum Gasteiger partial charge on any atom is 0.253 e. The van der Waals surface area contributed by atoms with Crippen LogP contribution in [0.25, 0.3) is 0 Å². The van der Waals surface area contributed by atoms with Gasteiger partial charge in [-0.2, -0.15) is 11.8 Å². The van der Waals surface area contributed by atoms with E-state index in [2.05, 4.69) is 23.7 Å². The molecule has 3 nitrogen and oxygen atoms in total. The van der Waals surface area contributed by atoms with Gasteiger partial charge in [0.15, 0.2) is 0 Å². The predicted molar refractivity (Wildman–Crippen MR) is 81.6 cm³/mol. The summed E-state index contributed by atoms with van der Waals surface area (Å²) in [5, 5.41) is 3.27. The molecule has 1 amide bonds. The van der Waals surface area contributed by atoms with Crippen molar-refractivity contribution in [3.05, 3.63) is 35.4 Å². The number of amides is 1. The third kappa shape index (κ3) is 3.74. The van der Waals surface area contributed by atoms with Crippen LogP contribution in [-0.2, 0) is 5.75 Å². The molecule has 1 aromatic carbocycles. The monoisotopic (exact) mass is 278 g/mol. The fraction of sp³-hybridized carbons (Fsp3) is 0.533. The first kappa shape index (κ1) is 14.4. The van der Waals surface area contributed by atoms with E-state index in [-0.39, 0.29) is 5.91 Å². The van der Waals surface area contributed by atoms with Gasteiger partial charge in [-0.15, -0.1) is 0 Å². The van der Waals surface area contributed by atoms with E-state index in [4.69, 9.17) is 0 Å². The minimum absolute atomic E-state index is 0.163. The molecule has 1 aliphatic rings. The van der Waals surface area contributed by atoms with Crippen LogP contribution in [-0.4, -0.2) is 43.2 Å². The SMILES string of the molecule is CN[C@H]1CCCN(C(=O)c2ccc(CSC)cc2)C1. The molecule has 104 valence electrons. The van der Waals surface area contributed by atoms with Crippen LogP contribution < -0.4 is 5.32 Å². The van der Waals surface area contributed by atoms with Crippen molar-refractivity contribution in [3.63, 3.8) is 0 Å². The fourth-order valence-corrected chi connectivity index (χ4v) is 3.02. The third-order valence-corrected chi connectivity index (χ3v) is 4.25. The normalized spacial score (nSPS) is 19.5. The largest absolute Gasteiger partial charge is 0.337 e. The average molecular weight is 278 g/mol. The lowest BCUT2D eigenvalue weighted by atomic mass is 10.0. The number of likely N-dealkylation sites (tertiary alicyclic amines) is 1. The lowest BCUT2D eigenvalue weighted by molar-refractivity contribution is 0.0698. The molecule has 1 heterocycles. The highest BCUT2D eigenvalue weighted by molar-refractivity contribution is 7.97. The maximum absolute atomic E-state index is 12.4. The molecule has 0 saturated carbocycles. The lowest BCUT2D eigenvalue weighted by Gasteiger charge is -2.32. The molecule has 1 fully saturated rings. The second-order valence-electron chi connectivity index (χ2n) is 5.01. The maximum atomic E-state index is 12.4. The number of nitrogens with one attached hydrogen (secondary N) is 1. The molecule has 19 heavy (non-hydrogen) atoms. The van der Waals surface area contributed by atoms with Crippen LogP contribution in [0, 0.1) is 0 Å². The number of piperidine rings is 1. The molecule has 1 aromatic rings. The Morgan fingerprint density at radius 1 is 1.42 bits per heavy atom. The smallest absolute Gasteiger partial charge is 0.253 e. The molecular weight excluding hydrogens is 256 g/mol. The van der Waals surface area contributed by atoms with Gasteiger partial charge in [0.2, 0.25) is 0 Å². The Bertz CT molecular complexity index is 419. The number of benzene rings is 1. The van der Waals surface area contributed by atoms with Crippen molar-refractivity contribution in [2.24, 2.45) is 0 Å². The van der Waals surface area contributed by atoms with Gasteiger partial charge in [-0.3, -0.25) is 4.79 Å². The molecule has 0 aromatic heterocycles. The molecule has 0 bridgehead atoms. The average Bonchev–Trinajstić information content (AvgIpc) is 2.48. The zero-order chi connectivity index (χ0) is 13.7. The van der Waals surface area contributed by atoms with Crippen molar-refractivity contribution in [3.8, 4) is 0 Å². The van der Waals surface area contributed by atoms with Crippen LogP contribution >= 0.6 is 11.8 Å². The highest BCUT2D eigenvalue weighted by Gasteiger charge is 2.23. The van der Waals surface area contributed by atoms with Crippen molar-refractivity contribution < 1.29 is 4.79 Å². The molecule has 1 aliphatic heterocycles. The van der Waals surface area contributed by atoms with Gasteiger partial charge in [-0.1, -0.05) is 12.1 Å². The molecule has 1 N–H and O–H groups in total. The zero-order valence-corrected chi connectivity index (χ0v) is 12.5. The summed E-state index contributed by atoms with van der Waals surface area (Å²) in [5.41, 5.74) is 2.08. The molecule has 1 saturated heterocycles. The quantitative estimate of drug-likeness (QED) is 0.918. The lowest BCUT2D eigenvalue weighted by Crippen LogP contribution is -2.46. The minimum atomic E-state index is 0.163. The van der Waals surface area contributed by atoms with Crippen LogP contribution in [0.4, 0.5) is 0 Å². The molecular formula is C15H22N2OS. The topological polar surface area (TPSA) is 32.3 Å². The summed E-state index contributed by atoms with van der Waals surface area (Å²) < 4.78 is 0. The van der Waals surface area contributed by atoms with E-state index in [1.807, 2.05) is 24.1 Å². The van der Waals surface area contributed by atoms with E-state index in [1.165, 1.54) is 5.56 Å². The highest BCUT2D eigenvalue weighted by Crippen LogP contribution is 2.15. The minimum Gasteiger partial charge on any atom is -0.337 e. The summed E-state index contributed by atoms with van der Waals surface area (Å²) in [5.74, 6) is 1.16. The van der Waals surface area contributed by atoms with Crippen LogP contribution in [0.2, 0.25) is 0 Å². The van der Waals surface area contributed by atoms with Crippen LogP contribution in [0.15, 0.2) is 24.3 Å². The Morgan fingerprint density at radius 3 is 2.79 bits per heavy atom. The van der Waals surface area contributed by atoms with E-state index in [0.29, 0.717) is 6.04 Å². The Morgan fingerprint density at radius 2 is 2.16 bits per heavy atom. The summed E-state index contributed by atoms with van der Waals surface area (Å²) in [6.45, 7) is 1.70. The van der Waals surface area contributed by atoms with Gasteiger partial charge in [-0.25, -0.2) is 0 Å². The number of rotatable bonds is 4. The van der Waals surface area contributed by atoms with Crippen LogP contribution in [0.1, 0.15) is 28.8 Å². The second kappa shape index (κ2) is 6.96. The molecule has 0 spiro atoms. The number of thioether (sulfide) groups is 1. The predicted octanol–water partition coefficient (Wildman–Crippen LogP) is 2.37. The number of likely N-dealkylation sites (N-methyl/N-ethyl adjacent to an activating group) is 1. The van der Waals surface area contributed by atoms with Crippen molar-refractivity contribution in [1.82, 2.24) is 10.2 Å². The summed E-state index contributed by atoms with van der Waals surface area (Å²) >= 11 is 1.80. The first-order valence-corrected chi connectivity index (χ1v) is 8.18. The summed E-state index contributed by atoms with van der Waals surface area (Å²) in [4.78, 5) is 14.4. The van der Waals surface area contributed by atoms with Gasteiger partial charge in [0.1, 0.15) is 0 Å². The van der Waals surface area contributed by atoms with Crippen molar-refractivity contribution in [2.75, 3.05) is 26.4 Å². The number of nitrogens with zero attached hydrogens (tertiary/aromatic N) is 1. The van der Waals surface area contributed by atoms with Gasteiger partial charge in [0.05, 0.1) is 0 Å². The van der Waals surface area contributed by atoms with E-state index < -0.39 is 0 Å².